The molecule has 5 nitrogen and oxygen atoms in total. The topological polar surface area (TPSA) is 64.6 Å². The summed E-state index contributed by atoms with van der Waals surface area (Å²) in [6.45, 7) is 6.99. The number of β-amino-alcohol motifs (C(OH)–C–C–N with tert-alkyl or cyclic N) is 1. The van der Waals surface area contributed by atoms with Crippen molar-refractivity contribution in [2.45, 2.75) is 39.2 Å². The molecule has 1 fully saturated rings. The van der Waals surface area contributed by atoms with E-state index in [1.54, 1.807) is 0 Å². The highest BCUT2D eigenvalue weighted by Gasteiger charge is 2.15. The lowest BCUT2D eigenvalue weighted by atomic mass is 10.1. The van der Waals surface area contributed by atoms with Gasteiger partial charge in [0, 0.05) is 18.8 Å². The van der Waals surface area contributed by atoms with Crippen LogP contribution < -0.4 is 10.6 Å². The molecule has 1 aromatic rings. The van der Waals surface area contributed by atoms with E-state index in [1.165, 1.54) is 19.3 Å². The highest BCUT2D eigenvalue weighted by molar-refractivity contribution is 5.90. The molecule has 0 radical (unpaired) electrons. The number of aryl methyl sites for hydroxylation is 1. The van der Waals surface area contributed by atoms with Gasteiger partial charge >= 0.3 is 6.03 Å². The summed E-state index contributed by atoms with van der Waals surface area (Å²) in [4.78, 5) is 14.2. The van der Waals surface area contributed by atoms with E-state index < -0.39 is 6.10 Å². The van der Waals surface area contributed by atoms with Crippen LogP contribution in [0, 0.1) is 13.8 Å². The van der Waals surface area contributed by atoms with Crippen LogP contribution in [-0.2, 0) is 0 Å². The predicted octanol–water partition coefficient (Wildman–Crippen LogP) is 2.27. The zero-order chi connectivity index (χ0) is 15.9. The molecule has 1 aliphatic heterocycles. The third-order valence-electron chi connectivity index (χ3n) is 4.27. The standard InChI is InChI=1S/C17H27N3O2/c1-13-7-6-8-16(14(13)2)19-17(22)18-11-15(21)12-20-9-4-3-5-10-20/h6-8,15,21H,3-5,9-12H2,1-2H3,(H2,18,19,22)/t15-/m1/s1. The third kappa shape index (κ3) is 5.00. The quantitative estimate of drug-likeness (QED) is 0.782. The Hall–Kier alpha value is -1.59. The van der Waals surface area contributed by atoms with Gasteiger partial charge in [-0.15, -0.1) is 0 Å². The van der Waals surface area contributed by atoms with Crippen LogP contribution in [0.5, 0.6) is 0 Å². The van der Waals surface area contributed by atoms with Crippen LogP contribution in [0.4, 0.5) is 10.5 Å². The maximum atomic E-state index is 11.9. The first kappa shape index (κ1) is 16.8. The molecule has 0 bridgehead atoms. The number of carbonyl (C=O) groups excluding carboxylic acids is 1. The Balaban J connectivity index is 1.73. The minimum atomic E-state index is -0.526. The van der Waals surface area contributed by atoms with Gasteiger partial charge in [0.05, 0.1) is 6.10 Å². The minimum Gasteiger partial charge on any atom is -0.390 e. The van der Waals surface area contributed by atoms with Crippen molar-refractivity contribution < 1.29 is 9.90 Å². The van der Waals surface area contributed by atoms with Gasteiger partial charge in [-0.25, -0.2) is 4.79 Å². The van der Waals surface area contributed by atoms with Crippen molar-refractivity contribution in [2.24, 2.45) is 0 Å². The number of nitrogens with zero attached hydrogens (tertiary/aromatic N) is 1. The molecule has 1 heterocycles. The molecule has 1 aliphatic rings. The number of hydrogen-bond donors (Lipinski definition) is 3. The lowest BCUT2D eigenvalue weighted by Gasteiger charge is -2.28. The van der Waals surface area contributed by atoms with Gasteiger partial charge in [0.2, 0.25) is 0 Å². The van der Waals surface area contributed by atoms with Crippen LogP contribution in [0.25, 0.3) is 0 Å². The van der Waals surface area contributed by atoms with Crippen LogP contribution in [0.2, 0.25) is 0 Å². The summed E-state index contributed by atoms with van der Waals surface area (Å²) >= 11 is 0. The highest BCUT2D eigenvalue weighted by atomic mass is 16.3. The molecule has 1 aromatic carbocycles. The lowest BCUT2D eigenvalue weighted by molar-refractivity contribution is 0.102. The molecule has 3 N–H and O–H groups in total. The number of likely N-dealkylation sites (tertiary alicyclic amines) is 1. The van der Waals surface area contributed by atoms with E-state index in [2.05, 4.69) is 15.5 Å². The Kier molecular flexibility index (Phi) is 6.21. The smallest absolute Gasteiger partial charge is 0.319 e. The Labute approximate surface area is 132 Å². The van der Waals surface area contributed by atoms with Gasteiger partial charge in [0.25, 0.3) is 0 Å². The van der Waals surface area contributed by atoms with Crippen molar-refractivity contribution in [3.8, 4) is 0 Å². The van der Waals surface area contributed by atoms with E-state index >= 15 is 0 Å². The van der Waals surface area contributed by atoms with Gasteiger partial charge in [-0.05, 0) is 57.0 Å². The van der Waals surface area contributed by atoms with Crippen molar-refractivity contribution in [3.63, 3.8) is 0 Å². The molecule has 0 unspecified atom stereocenters. The number of amides is 2. The second-order valence-electron chi connectivity index (χ2n) is 6.10. The van der Waals surface area contributed by atoms with Crippen LogP contribution in [0.1, 0.15) is 30.4 Å². The van der Waals surface area contributed by atoms with Crippen molar-refractivity contribution >= 4 is 11.7 Å². The third-order valence-corrected chi connectivity index (χ3v) is 4.27. The Morgan fingerprint density at radius 3 is 2.73 bits per heavy atom. The number of urea groups is 1. The van der Waals surface area contributed by atoms with E-state index in [0.29, 0.717) is 6.54 Å². The van der Waals surface area contributed by atoms with E-state index in [-0.39, 0.29) is 12.6 Å². The van der Waals surface area contributed by atoms with Crippen LogP contribution in [0.3, 0.4) is 0 Å². The number of nitrogens with one attached hydrogen (secondary N) is 2. The first-order valence-electron chi connectivity index (χ1n) is 8.08. The van der Waals surface area contributed by atoms with Gasteiger partial charge in [0.15, 0.2) is 0 Å². The Bertz CT molecular complexity index is 499. The second kappa shape index (κ2) is 8.15. The molecule has 22 heavy (non-hydrogen) atoms. The number of hydrogen-bond acceptors (Lipinski definition) is 3. The molecule has 0 aromatic heterocycles. The van der Waals surface area contributed by atoms with E-state index in [4.69, 9.17) is 0 Å². The van der Waals surface area contributed by atoms with Crippen LogP contribution in [0.15, 0.2) is 18.2 Å². The summed E-state index contributed by atoms with van der Waals surface area (Å²) in [5.74, 6) is 0. The monoisotopic (exact) mass is 305 g/mol. The molecule has 1 atom stereocenters. The zero-order valence-corrected chi connectivity index (χ0v) is 13.6. The first-order chi connectivity index (χ1) is 10.6. The first-order valence-corrected chi connectivity index (χ1v) is 8.08. The summed E-state index contributed by atoms with van der Waals surface area (Å²) in [6, 6.07) is 5.54. The normalized spacial score (nSPS) is 17.0. The number of carbonyl (C=O) groups is 1. The number of piperidine rings is 1. The van der Waals surface area contributed by atoms with E-state index in [1.807, 2.05) is 32.0 Å². The van der Waals surface area contributed by atoms with Crippen molar-refractivity contribution in [1.29, 1.82) is 0 Å². The summed E-state index contributed by atoms with van der Waals surface area (Å²) in [7, 11) is 0. The fraction of sp³-hybridized carbons (Fsp3) is 0.588. The van der Waals surface area contributed by atoms with Crippen molar-refractivity contribution in [2.75, 3.05) is 31.5 Å². The van der Waals surface area contributed by atoms with Gasteiger partial charge in [-0.2, -0.15) is 0 Å². The number of anilines is 1. The Morgan fingerprint density at radius 1 is 1.27 bits per heavy atom. The molecular weight excluding hydrogens is 278 g/mol. The summed E-state index contributed by atoms with van der Waals surface area (Å²) in [6.07, 6.45) is 3.16. The summed E-state index contributed by atoms with van der Waals surface area (Å²) < 4.78 is 0. The van der Waals surface area contributed by atoms with Crippen LogP contribution >= 0.6 is 0 Å². The van der Waals surface area contributed by atoms with E-state index in [0.717, 1.165) is 29.9 Å². The average Bonchev–Trinajstić information content (AvgIpc) is 2.51. The number of aliphatic hydroxyl groups excluding tert-OH is 1. The summed E-state index contributed by atoms with van der Waals surface area (Å²) in [5, 5.41) is 15.6. The fourth-order valence-electron chi connectivity index (χ4n) is 2.77. The number of rotatable bonds is 5. The lowest BCUT2D eigenvalue weighted by Crippen LogP contribution is -2.43. The largest absolute Gasteiger partial charge is 0.390 e. The molecule has 2 rings (SSSR count). The fourth-order valence-corrected chi connectivity index (χ4v) is 2.77. The SMILES string of the molecule is Cc1cccc(NC(=O)NC[C@@H](O)CN2CCCCC2)c1C. The molecule has 122 valence electrons. The molecule has 2 amide bonds. The maximum absolute atomic E-state index is 11.9. The minimum absolute atomic E-state index is 0.271. The molecule has 0 saturated carbocycles. The number of aliphatic hydroxyl groups is 1. The average molecular weight is 305 g/mol. The van der Waals surface area contributed by atoms with Gasteiger partial charge in [-0.3, -0.25) is 0 Å². The molecule has 1 saturated heterocycles. The molecule has 0 spiro atoms. The van der Waals surface area contributed by atoms with Crippen LogP contribution in [-0.4, -0.2) is 48.3 Å². The summed E-state index contributed by atoms with van der Waals surface area (Å²) in [5.41, 5.74) is 3.01. The van der Waals surface area contributed by atoms with Crippen molar-refractivity contribution in [3.05, 3.63) is 29.3 Å². The Morgan fingerprint density at radius 2 is 2.00 bits per heavy atom. The maximum Gasteiger partial charge on any atom is 0.319 e. The number of benzene rings is 1. The van der Waals surface area contributed by atoms with Gasteiger partial charge in [-0.1, -0.05) is 18.6 Å². The van der Waals surface area contributed by atoms with Gasteiger partial charge in [0.1, 0.15) is 0 Å². The van der Waals surface area contributed by atoms with Crippen molar-refractivity contribution in [1.82, 2.24) is 10.2 Å². The molecule has 5 heteroatoms. The highest BCUT2D eigenvalue weighted by Crippen LogP contribution is 2.17. The van der Waals surface area contributed by atoms with E-state index in [9.17, 15) is 9.90 Å². The second-order valence-corrected chi connectivity index (χ2v) is 6.10. The van der Waals surface area contributed by atoms with Gasteiger partial charge < -0.3 is 20.6 Å². The molecular formula is C17H27N3O2. The molecule has 0 aliphatic carbocycles. The zero-order valence-electron chi connectivity index (χ0n) is 13.6. The predicted molar refractivity (Wildman–Crippen MR) is 89.2 cm³/mol.